The number of ether oxygens (including phenoxy) is 1. The number of hydrogen-bond donors (Lipinski definition) is 0. The van der Waals surface area contributed by atoms with Crippen molar-refractivity contribution >= 4 is 17.9 Å². The van der Waals surface area contributed by atoms with Crippen LogP contribution in [0.2, 0.25) is 0 Å². The molecule has 1 aliphatic carbocycles. The van der Waals surface area contributed by atoms with E-state index in [0.29, 0.717) is 38.2 Å². The maximum Gasteiger partial charge on any atom is 0.283 e. The zero-order valence-corrected chi connectivity index (χ0v) is 17.3. The lowest BCUT2D eigenvalue weighted by Gasteiger charge is -2.34. The largest absolute Gasteiger partial charge is 0.493 e. The van der Waals surface area contributed by atoms with Crippen molar-refractivity contribution in [3.63, 3.8) is 0 Å². The van der Waals surface area contributed by atoms with E-state index >= 15 is 0 Å². The quantitative estimate of drug-likeness (QED) is 0.213. The van der Waals surface area contributed by atoms with Crippen molar-refractivity contribution in [2.24, 2.45) is 0 Å². The van der Waals surface area contributed by atoms with Gasteiger partial charge in [0.25, 0.3) is 5.69 Å². The Morgan fingerprint density at radius 1 is 1.24 bits per heavy atom. The van der Waals surface area contributed by atoms with E-state index in [-0.39, 0.29) is 22.9 Å². The van der Waals surface area contributed by atoms with E-state index in [1.165, 1.54) is 31.4 Å². The third kappa shape index (κ3) is 6.84. The summed E-state index contributed by atoms with van der Waals surface area (Å²) in [4.78, 5) is 36.5. The molecule has 29 heavy (non-hydrogen) atoms. The molecule has 2 rings (SSSR count). The molecule has 1 amide bonds. The van der Waals surface area contributed by atoms with Crippen molar-refractivity contribution in [3.05, 3.63) is 33.9 Å². The molecule has 0 bridgehead atoms. The second-order valence-corrected chi connectivity index (χ2v) is 7.60. The summed E-state index contributed by atoms with van der Waals surface area (Å²) >= 11 is 0. The Hall–Kier alpha value is -2.44. The number of nitro benzene ring substituents is 1. The van der Waals surface area contributed by atoms with Gasteiger partial charge < -0.3 is 9.64 Å². The fourth-order valence-electron chi connectivity index (χ4n) is 3.87. The number of hydrogen-bond acceptors (Lipinski definition) is 5. The number of carbonyl (C=O) groups is 2. The van der Waals surface area contributed by atoms with Crippen LogP contribution in [0.1, 0.15) is 81.5 Å². The van der Waals surface area contributed by atoms with Crippen molar-refractivity contribution in [1.29, 1.82) is 0 Å². The first-order valence-electron chi connectivity index (χ1n) is 10.7. The molecule has 0 atom stereocenters. The first-order valence-corrected chi connectivity index (χ1v) is 10.7. The molecule has 0 aliphatic heterocycles. The van der Waals surface area contributed by atoms with Crippen LogP contribution in [-0.2, 0) is 4.79 Å². The number of nitrogens with zero attached hydrogens (tertiary/aromatic N) is 2. The van der Waals surface area contributed by atoms with E-state index in [4.69, 9.17) is 4.74 Å². The van der Waals surface area contributed by atoms with Crippen molar-refractivity contribution in [2.45, 2.75) is 77.2 Å². The molecule has 0 heterocycles. The third-order valence-corrected chi connectivity index (χ3v) is 5.49. The van der Waals surface area contributed by atoms with E-state index in [1.807, 2.05) is 0 Å². The summed E-state index contributed by atoms with van der Waals surface area (Å²) < 4.78 is 5.58. The summed E-state index contributed by atoms with van der Waals surface area (Å²) in [5.74, 6) is 0.432. The molecule has 0 saturated heterocycles. The molecule has 0 spiro atoms. The highest BCUT2D eigenvalue weighted by atomic mass is 16.6. The summed E-state index contributed by atoms with van der Waals surface area (Å²) in [5.41, 5.74) is -0.302. The van der Waals surface area contributed by atoms with Gasteiger partial charge in [0.15, 0.2) is 6.29 Å². The van der Waals surface area contributed by atoms with Crippen molar-refractivity contribution in [3.8, 4) is 5.75 Å². The number of unbranched alkanes of at least 4 members (excludes halogenated alkanes) is 2. The SMILES string of the molecule is CCCCN(C(=O)CCCCOc1cccc([N+](=O)[O-])c1C=O)C1CCCCC1. The second kappa shape index (κ2) is 12.2. The summed E-state index contributed by atoms with van der Waals surface area (Å²) in [6.07, 6.45) is 10.3. The molecule has 0 N–H and O–H groups in total. The van der Waals surface area contributed by atoms with Crippen LogP contribution >= 0.6 is 0 Å². The Morgan fingerprint density at radius 3 is 2.66 bits per heavy atom. The van der Waals surface area contributed by atoms with Gasteiger partial charge in [-0.25, -0.2) is 0 Å². The molecule has 7 heteroatoms. The number of rotatable bonds is 12. The Kier molecular flexibility index (Phi) is 9.60. The lowest BCUT2D eigenvalue weighted by Crippen LogP contribution is -2.42. The van der Waals surface area contributed by atoms with Gasteiger partial charge in [-0.15, -0.1) is 0 Å². The summed E-state index contributed by atoms with van der Waals surface area (Å²) in [5, 5.41) is 11.0. The summed E-state index contributed by atoms with van der Waals surface area (Å²) in [7, 11) is 0. The minimum Gasteiger partial charge on any atom is -0.493 e. The molecular weight excluding hydrogens is 372 g/mol. The predicted molar refractivity (Wildman–Crippen MR) is 111 cm³/mol. The average Bonchev–Trinajstić information content (AvgIpc) is 2.74. The van der Waals surface area contributed by atoms with Crippen LogP contribution in [0.5, 0.6) is 5.75 Å². The zero-order chi connectivity index (χ0) is 21.1. The highest BCUT2D eigenvalue weighted by molar-refractivity contribution is 5.85. The van der Waals surface area contributed by atoms with Gasteiger partial charge in [-0.1, -0.05) is 38.7 Å². The van der Waals surface area contributed by atoms with Crippen molar-refractivity contribution in [1.82, 2.24) is 4.90 Å². The molecule has 7 nitrogen and oxygen atoms in total. The number of benzene rings is 1. The van der Waals surface area contributed by atoms with E-state index in [1.54, 1.807) is 6.07 Å². The molecular formula is C22H32N2O5. The van der Waals surface area contributed by atoms with Gasteiger partial charge in [-0.3, -0.25) is 19.7 Å². The van der Waals surface area contributed by atoms with Gasteiger partial charge in [-0.2, -0.15) is 0 Å². The van der Waals surface area contributed by atoms with Crippen LogP contribution in [0.25, 0.3) is 0 Å². The topological polar surface area (TPSA) is 89.8 Å². The van der Waals surface area contributed by atoms with Crippen LogP contribution < -0.4 is 4.74 Å². The molecule has 1 aromatic rings. The fraction of sp³-hybridized carbons (Fsp3) is 0.636. The second-order valence-electron chi connectivity index (χ2n) is 7.60. The molecule has 1 aromatic carbocycles. The van der Waals surface area contributed by atoms with E-state index < -0.39 is 4.92 Å². The van der Waals surface area contributed by atoms with E-state index in [9.17, 15) is 19.7 Å². The lowest BCUT2D eigenvalue weighted by atomic mass is 9.93. The fourth-order valence-corrected chi connectivity index (χ4v) is 3.87. The minimum atomic E-state index is -0.592. The van der Waals surface area contributed by atoms with E-state index in [2.05, 4.69) is 11.8 Å². The standard InChI is InChI=1S/C22H32N2O5/c1-2-3-15-23(18-10-5-4-6-11-18)22(26)14-7-8-16-29-21-13-9-12-20(24(27)28)19(21)17-25/h9,12-13,17-18H,2-8,10-11,14-16H2,1H3. The number of nitro groups is 1. The van der Waals surface area contributed by atoms with Crippen molar-refractivity contribution < 1.29 is 19.2 Å². The van der Waals surface area contributed by atoms with Gasteiger partial charge in [0.2, 0.25) is 5.91 Å². The average molecular weight is 405 g/mol. The first kappa shape index (κ1) is 22.8. The van der Waals surface area contributed by atoms with Gasteiger partial charge in [0, 0.05) is 25.1 Å². The van der Waals surface area contributed by atoms with E-state index in [0.717, 1.165) is 32.2 Å². The summed E-state index contributed by atoms with van der Waals surface area (Å²) in [6.45, 7) is 3.29. The molecule has 160 valence electrons. The molecule has 0 unspecified atom stereocenters. The molecule has 0 radical (unpaired) electrons. The Balaban J connectivity index is 1.81. The van der Waals surface area contributed by atoms with Crippen LogP contribution in [-0.4, -0.2) is 41.2 Å². The smallest absolute Gasteiger partial charge is 0.283 e. The Bertz CT molecular complexity index is 686. The van der Waals surface area contributed by atoms with Gasteiger partial charge in [0.1, 0.15) is 11.3 Å². The lowest BCUT2D eigenvalue weighted by molar-refractivity contribution is -0.385. The maximum absolute atomic E-state index is 12.8. The van der Waals surface area contributed by atoms with Gasteiger partial charge >= 0.3 is 0 Å². The van der Waals surface area contributed by atoms with Gasteiger partial charge in [-0.05, 0) is 38.2 Å². The van der Waals surface area contributed by atoms with Crippen molar-refractivity contribution in [2.75, 3.05) is 13.2 Å². The zero-order valence-electron chi connectivity index (χ0n) is 17.3. The number of aldehydes is 1. The maximum atomic E-state index is 12.8. The molecule has 1 saturated carbocycles. The molecule has 0 aromatic heterocycles. The first-order chi connectivity index (χ1) is 14.1. The number of amides is 1. The van der Waals surface area contributed by atoms with Crippen LogP contribution in [0.15, 0.2) is 18.2 Å². The molecule has 1 fully saturated rings. The third-order valence-electron chi connectivity index (χ3n) is 5.49. The molecule has 1 aliphatic rings. The normalized spacial score (nSPS) is 14.4. The highest BCUT2D eigenvalue weighted by Gasteiger charge is 2.24. The number of carbonyl (C=O) groups excluding carboxylic acids is 2. The van der Waals surface area contributed by atoms with Crippen LogP contribution in [0, 0.1) is 10.1 Å². The Labute approximate surface area is 172 Å². The highest BCUT2D eigenvalue weighted by Crippen LogP contribution is 2.27. The van der Waals surface area contributed by atoms with Crippen LogP contribution in [0.4, 0.5) is 5.69 Å². The summed E-state index contributed by atoms with van der Waals surface area (Å²) in [6, 6.07) is 4.72. The minimum absolute atomic E-state index is 0.0448. The predicted octanol–water partition coefficient (Wildman–Crippen LogP) is 4.92. The Morgan fingerprint density at radius 2 is 2.00 bits per heavy atom. The van der Waals surface area contributed by atoms with Gasteiger partial charge in [0.05, 0.1) is 11.5 Å². The monoisotopic (exact) mass is 404 g/mol. The van der Waals surface area contributed by atoms with Crippen LogP contribution in [0.3, 0.4) is 0 Å².